The second-order valence-electron chi connectivity index (χ2n) is 3.92. The summed E-state index contributed by atoms with van der Waals surface area (Å²) in [6.45, 7) is 3.61. The third kappa shape index (κ3) is 4.42. The fraction of sp³-hybridized carbons (Fsp3) is 0.417. The van der Waals surface area contributed by atoms with Crippen LogP contribution in [0.25, 0.3) is 0 Å². The quantitative estimate of drug-likeness (QED) is 0.846. The third-order valence-electron chi connectivity index (χ3n) is 2.57. The van der Waals surface area contributed by atoms with Crippen molar-refractivity contribution in [3.8, 4) is 6.07 Å². The first-order valence-corrected chi connectivity index (χ1v) is 8.73. The summed E-state index contributed by atoms with van der Waals surface area (Å²) in [5.41, 5.74) is 1.06. The molecule has 0 fully saturated rings. The molecule has 1 unspecified atom stereocenters. The van der Waals surface area contributed by atoms with Crippen molar-refractivity contribution in [1.82, 2.24) is 4.72 Å². The topological polar surface area (TPSA) is 87.0 Å². The van der Waals surface area contributed by atoms with Gasteiger partial charge in [-0.1, -0.05) is 6.92 Å². The Balaban J connectivity index is 2.81. The normalized spacial score (nSPS) is 12.9. The van der Waals surface area contributed by atoms with Gasteiger partial charge >= 0.3 is 0 Å². The van der Waals surface area contributed by atoms with Gasteiger partial charge in [-0.25, -0.2) is 13.1 Å². The van der Waals surface area contributed by atoms with Crippen LogP contribution in [0.2, 0.25) is 0 Å². The maximum atomic E-state index is 12.0. The molecule has 0 heterocycles. The summed E-state index contributed by atoms with van der Waals surface area (Å²) in [7, 11) is -4.60. The molecule has 0 aliphatic heterocycles. The molecule has 0 saturated carbocycles. The minimum absolute atomic E-state index is 0.117. The van der Waals surface area contributed by atoms with Crippen molar-refractivity contribution in [3.05, 3.63) is 29.3 Å². The van der Waals surface area contributed by atoms with Crippen LogP contribution in [0.3, 0.4) is 0 Å². The Bertz CT molecular complexity index is 618. The average molecular weight is 300 g/mol. The summed E-state index contributed by atoms with van der Waals surface area (Å²) in [5, 5.41) is 8.79. The maximum absolute atomic E-state index is 12.0. The van der Waals surface area contributed by atoms with Gasteiger partial charge in [-0.15, -0.1) is 0 Å². The lowest BCUT2D eigenvalue weighted by Gasteiger charge is -2.07. The molecule has 0 aromatic heterocycles. The first kappa shape index (κ1) is 15.8. The van der Waals surface area contributed by atoms with Crippen molar-refractivity contribution in [2.45, 2.75) is 18.7 Å². The molecule has 19 heavy (non-hydrogen) atoms. The van der Waals surface area contributed by atoms with Gasteiger partial charge in [0.25, 0.3) is 0 Å². The molecule has 5 nitrogen and oxygen atoms in total. The van der Waals surface area contributed by atoms with Crippen LogP contribution in [0, 0.1) is 18.3 Å². The third-order valence-corrected chi connectivity index (χ3v) is 5.33. The Hall–Kier alpha value is -1.23. The Labute approximate surface area is 116 Å². The van der Waals surface area contributed by atoms with Crippen molar-refractivity contribution in [2.24, 2.45) is 0 Å². The maximum Gasteiger partial charge on any atom is 0.240 e. The van der Waals surface area contributed by atoms with E-state index >= 15 is 0 Å². The smallest absolute Gasteiger partial charge is 0.240 e. The highest BCUT2D eigenvalue weighted by atomic mass is 32.2. The van der Waals surface area contributed by atoms with Crippen LogP contribution in [-0.2, 0) is 20.8 Å². The Morgan fingerprint density at radius 3 is 2.63 bits per heavy atom. The monoisotopic (exact) mass is 300 g/mol. The van der Waals surface area contributed by atoms with E-state index in [0.717, 1.165) is 0 Å². The van der Waals surface area contributed by atoms with E-state index in [1.54, 1.807) is 13.8 Å². The molecule has 1 N–H and O–H groups in total. The number of rotatable bonds is 6. The van der Waals surface area contributed by atoms with E-state index in [4.69, 9.17) is 5.26 Å². The summed E-state index contributed by atoms with van der Waals surface area (Å²) < 4.78 is 37.5. The van der Waals surface area contributed by atoms with Gasteiger partial charge < -0.3 is 0 Å². The number of nitrogens with zero attached hydrogens (tertiary/aromatic N) is 1. The first-order chi connectivity index (χ1) is 8.90. The number of hydrogen-bond acceptors (Lipinski definition) is 4. The number of hydrogen-bond donors (Lipinski definition) is 1. The van der Waals surface area contributed by atoms with Gasteiger partial charge in [0.2, 0.25) is 10.0 Å². The van der Waals surface area contributed by atoms with E-state index in [2.05, 4.69) is 4.72 Å². The van der Waals surface area contributed by atoms with E-state index in [-0.39, 0.29) is 11.4 Å². The van der Waals surface area contributed by atoms with Crippen LogP contribution < -0.4 is 4.72 Å². The van der Waals surface area contributed by atoms with Crippen LogP contribution >= 0.6 is 0 Å². The highest BCUT2D eigenvalue weighted by molar-refractivity contribution is 7.89. The minimum Gasteiger partial charge on any atom is -0.260 e. The molecule has 0 spiro atoms. The van der Waals surface area contributed by atoms with Crippen molar-refractivity contribution in [1.29, 1.82) is 5.26 Å². The van der Waals surface area contributed by atoms with E-state index in [0.29, 0.717) is 22.6 Å². The molecule has 0 aliphatic carbocycles. The Kier molecular flexibility index (Phi) is 5.66. The molecule has 0 aliphatic rings. The zero-order valence-corrected chi connectivity index (χ0v) is 12.5. The zero-order valence-electron chi connectivity index (χ0n) is 10.8. The summed E-state index contributed by atoms with van der Waals surface area (Å²) in [5.74, 6) is 0.808. The fourth-order valence-electron chi connectivity index (χ4n) is 1.45. The molecule has 0 saturated heterocycles. The lowest BCUT2D eigenvalue weighted by molar-refractivity contribution is 0.584. The second-order valence-corrected chi connectivity index (χ2v) is 7.55. The van der Waals surface area contributed by atoms with Gasteiger partial charge in [-0.05, 0) is 30.7 Å². The van der Waals surface area contributed by atoms with E-state index in [1.807, 2.05) is 6.07 Å². The Morgan fingerprint density at radius 1 is 1.42 bits per heavy atom. The van der Waals surface area contributed by atoms with Crippen molar-refractivity contribution >= 4 is 20.8 Å². The van der Waals surface area contributed by atoms with Gasteiger partial charge in [0.1, 0.15) is 0 Å². The van der Waals surface area contributed by atoms with Crippen molar-refractivity contribution < 1.29 is 12.6 Å². The summed E-state index contributed by atoms with van der Waals surface area (Å²) >= 11 is 0. The van der Waals surface area contributed by atoms with Crippen LogP contribution in [0.1, 0.15) is 18.1 Å². The molecule has 0 amide bonds. The molecule has 0 bridgehead atoms. The lowest BCUT2D eigenvalue weighted by Crippen LogP contribution is -2.28. The highest BCUT2D eigenvalue weighted by Crippen LogP contribution is 2.14. The minimum atomic E-state index is -3.61. The van der Waals surface area contributed by atoms with E-state index < -0.39 is 20.8 Å². The predicted molar refractivity (Wildman–Crippen MR) is 74.6 cm³/mol. The summed E-state index contributed by atoms with van der Waals surface area (Å²) in [6.07, 6.45) is 0. The zero-order chi connectivity index (χ0) is 14.5. The number of sulfonamides is 1. The fourth-order valence-corrected chi connectivity index (χ4v) is 3.31. The van der Waals surface area contributed by atoms with Crippen molar-refractivity contribution in [2.75, 3.05) is 18.1 Å². The average Bonchev–Trinajstić information content (AvgIpc) is 2.38. The number of benzene rings is 1. The van der Waals surface area contributed by atoms with Gasteiger partial charge in [-0.2, -0.15) is 5.26 Å². The number of nitriles is 1. The molecule has 1 rings (SSSR count). The summed E-state index contributed by atoms with van der Waals surface area (Å²) in [4.78, 5) is 0.117. The molecule has 7 heteroatoms. The van der Waals surface area contributed by atoms with Crippen LogP contribution in [0.5, 0.6) is 0 Å². The Morgan fingerprint density at radius 2 is 2.11 bits per heavy atom. The molecule has 1 aromatic carbocycles. The van der Waals surface area contributed by atoms with Crippen LogP contribution in [0.15, 0.2) is 23.1 Å². The first-order valence-electron chi connectivity index (χ1n) is 5.76. The SMILES string of the molecule is CCS(=O)CCNS(=O)(=O)c1ccc(C#N)c(C)c1. The van der Waals surface area contributed by atoms with Gasteiger partial charge in [0, 0.05) is 28.9 Å². The summed E-state index contributed by atoms with van der Waals surface area (Å²) in [6, 6.07) is 6.31. The molecular formula is C12H16N2O3S2. The largest absolute Gasteiger partial charge is 0.260 e. The standard InChI is InChI=1S/C12H16N2O3S2/c1-3-18(15)7-6-14-19(16,17)12-5-4-11(9-13)10(2)8-12/h4-5,8,14H,3,6-7H2,1-2H3. The highest BCUT2D eigenvalue weighted by Gasteiger charge is 2.14. The van der Waals surface area contributed by atoms with Crippen LogP contribution in [0.4, 0.5) is 0 Å². The van der Waals surface area contributed by atoms with Gasteiger partial charge in [-0.3, -0.25) is 4.21 Å². The number of aryl methyl sites for hydroxylation is 1. The molecule has 104 valence electrons. The van der Waals surface area contributed by atoms with Crippen LogP contribution in [-0.4, -0.2) is 30.7 Å². The van der Waals surface area contributed by atoms with E-state index in [1.165, 1.54) is 18.2 Å². The van der Waals surface area contributed by atoms with Gasteiger partial charge in [0.15, 0.2) is 0 Å². The predicted octanol–water partition coefficient (Wildman–Crippen LogP) is 0.914. The molecular weight excluding hydrogens is 284 g/mol. The number of nitrogens with one attached hydrogen (secondary N) is 1. The molecule has 1 atom stereocenters. The second kappa shape index (κ2) is 6.80. The van der Waals surface area contributed by atoms with Gasteiger partial charge in [0.05, 0.1) is 16.5 Å². The molecule has 0 radical (unpaired) electrons. The lowest BCUT2D eigenvalue weighted by atomic mass is 10.1. The molecule has 1 aromatic rings. The van der Waals surface area contributed by atoms with Crippen molar-refractivity contribution in [3.63, 3.8) is 0 Å². The van der Waals surface area contributed by atoms with E-state index in [9.17, 15) is 12.6 Å².